The molecule has 3 nitrogen and oxygen atoms in total. The fourth-order valence-electron chi connectivity index (χ4n) is 0. The number of hydrogen-bond acceptors (Lipinski definition) is 1. The molecule has 2 N–H and O–H groups in total. The normalized spacial score (nSPS) is 4.00. The fourth-order valence-corrected chi connectivity index (χ4v) is 0. The molecule has 0 aliphatic rings. The van der Waals surface area contributed by atoms with E-state index in [-0.39, 0.29) is 35.5 Å². The van der Waals surface area contributed by atoms with Gasteiger partial charge in [-0.05, 0) is 0 Å². The Morgan fingerprint density at radius 3 is 1.33 bits per heavy atom. The average molecular weight is 125 g/mol. The molecule has 0 rings (SSSR count). The molecule has 0 atom stereocenters. The highest BCUT2D eigenvalue weighted by atomic mass is 35.5. The van der Waals surface area contributed by atoms with Crippen LogP contribution in [0.4, 0.5) is 4.79 Å². The van der Waals surface area contributed by atoms with Crippen molar-refractivity contribution >= 4 is 41.6 Å². The van der Waals surface area contributed by atoms with Crippen molar-refractivity contribution in [2.24, 2.45) is 0 Å². The Balaban J connectivity index is -0.0000000450. The first-order valence-corrected chi connectivity index (χ1v) is 0.651. The molecule has 0 amide bonds. The first kappa shape index (κ1) is 16.2. The maximum atomic E-state index is 8.56. The van der Waals surface area contributed by atoms with Crippen LogP contribution in [0.5, 0.6) is 0 Å². The second kappa shape index (κ2) is 9.01. The van der Waals surface area contributed by atoms with Crippen LogP contribution in [0, 0.1) is 0 Å². The number of hydrogen-bond donors (Lipinski definition) is 2. The molecule has 0 radical (unpaired) electrons. The second-order valence-electron chi connectivity index (χ2n) is 0.283. The highest BCUT2D eigenvalue weighted by molar-refractivity contribution is 5.85. The van der Waals surface area contributed by atoms with E-state index in [4.69, 9.17) is 15.0 Å². The lowest BCUT2D eigenvalue weighted by Gasteiger charge is -1.60. The van der Waals surface area contributed by atoms with Gasteiger partial charge in [-0.3, -0.25) is 0 Å². The van der Waals surface area contributed by atoms with Gasteiger partial charge in [0.15, 0.2) is 0 Å². The van der Waals surface area contributed by atoms with E-state index in [0.717, 1.165) is 0 Å². The van der Waals surface area contributed by atoms with Crippen LogP contribution in [0.25, 0.3) is 0 Å². The molecule has 0 aromatic rings. The van der Waals surface area contributed by atoms with Crippen molar-refractivity contribution in [2.45, 2.75) is 0 Å². The summed E-state index contributed by atoms with van der Waals surface area (Å²) in [6.07, 6.45) is -1.83. The number of rotatable bonds is 0. The molecule has 0 heterocycles. The van der Waals surface area contributed by atoms with Crippen LogP contribution in [0.3, 0.4) is 0 Å². The molecule has 0 fully saturated rings. The molecule has 6 heavy (non-hydrogen) atoms. The van der Waals surface area contributed by atoms with E-state index in [0.29, 0.717) is 0 Å². The van der Waals surface area contributed by atoms with E-state index in [9.17, 15) is 0 Å². The maximum absolute atomic E-state index is 8.56. The Morgan fingerprint density at radius 1 is 1.33 bits per heavy atom. The molecule has 0 unspecified atom stereocenters. The van der Waals surface area contributed by atoms with Crippen molar-refractivity contribution in [3.05, 3.63) is 0 Å². The van der Waals surface area contributed by atoms with Crippen molar-refractivity contribution in [1.82, 2.24) is 0 Å². The average Bonchev–Trinajstić information content (AvgIpc) is 0.811. The predicted molar refractivity (Wildman–Crippen MR) is 26.4 cm³/mol. The summed E-state index contributed by atoms with van der Waals surface area (Å²) in [6, 6.07) is 0. The van der Waals surface area contributed by atoms with Gasteiger partial charge < -0.3 is 10.2 Å². The van der Waals surface area contributed by atoms with Crippen LogP contribution >= 0.6 is 12.4 Å². The molecule has 5 heteroatoms. The highest BCUT2D eigenvalue weighted by Crippen LogP contribution is 1.42. The quantitative estimate of drug-likeness (QED) is 0.438. The zero-order chi connectivity index (χ0) is 3.58. The lowest BCUT2D eigenvalue weighted by molar-refractivity contribution is 0.137. The molecule has 0 saturated carbocycles. The van der Waals surface area contributed by atoms with Crippen LogP contribution in [0.15, 0.2) is 0 Å². The van der Waals surface area contributed by atoms with Crippen molar-refractivity contribution in [3.63, 3.8) is 0 Å². The monoisotopic (exact) mass is 124 g/mol. The van der Waals surface area contributed by atoms with E-state index in [1.165, 1.54) is 0 Å². The summed E-state index contributed by atoms with van der Waals surface area (Å²) in [5, 5.41) is 13.9. The Labute approximate surface area is 56.9 Å². The molecule has 0 aromatic heterocycles. The Kier molecular flexibility index (Phi) is 24.4. The topological polar surface area (TPSA) is 57.5 Å². The van der Waals surface area contributed by atoms with Crippen LogP contribution in [-0.2, 0) is 0 Å². The molecule has 0 aliphatic heterocycles. The third kappa shape index (κ3) is 450. The summed E-state index contributed by atoms with van der Waals surface area (Å²) >= 11 is 0. The van der Waals surface area contributed by atoms with Gasteiger partial charge in [0.25, 0.3) is 0 Å². The zero-order valence-corrected chi connectivity index (χ0v) is 3.03. The van der Waals surface area contributed by atoms with Crippen LogP contribution in [0.2, 0.25) is 0 Å². The van der Waals surface area contributed by atoms with Gasteiger partial charge in [-0.15, -0.1) is 12.4 Å². The minimum Gasteiger partial charge on any atom is -0.450 e. The van der Waals surface area contributed by atoms with E-state index >= 15 is 0 Å². The summed E-state index contributed by atoms with van der Waals surface area (Å²) in [5.74, 6) is 0. The van der Waals surface area contributed by atoms with Crippen molar-refractivity contribution in [3.8, 4) is 0 Å². The summed E-state index contributed by atoms with van der Waals surface area (Å²) in [5.41, 5.74) is 0. The summed E-state index contributed by atoms with van der Waals surface area (Å²) < 4.78 is 0. The molecular formula is CH5ClMgO3. The minimum atomic E-state index is -1.83. The number of carboxylic acid groups (broad SMARTS) is 2. The maximum Gasteiger partial charge on any atom is 0.503 e. The fraction of sp³-hybridized carbons (Fsp3) is 0. The summed E-state index contributed by atoms with van der Waals surface area (Å²) in [7, 11) is 0. The van der Waals surface area contributed by atoms with Gasteiger partial charge in [-0.25, -0.2) is 4.79 Å². The van der Waals surface area contributed by atoms with Gasteiger partial charge in [0.05, 0.1) is 0 Å². The first-order valence-electron chi connectivity index (χ1n) is 0.651. The van der Waals surface area contributed by atoms with Gasteiger partial charge in [0.2, 0.25) is 0 Å². The standard InChI is InChI=1S/CH2O3.ClH.Mg.2H/c2-1(3)4;;;;/h(H2,2,3,4);1H;;;. The Morgan fingerprint density at radius 2 is 1.33 bits per heavy atom. The molecule has 0 aliphatic carbocycles. The van der Waals surface area contributed by atoms with Gasteiger partial charge in [-0.1, -0.05) is 0 Å². The predicted octanol–water partition coefficient (Wildman–Crippen LogP) is -0.272. The van der Waals surface area contributed by atoms with Gasteiger partial charge >= 0.3 is 29.2 Å². The lowest BCUT2D eigenvalue weighted by Crippen LogP contribution is -1.81. The third-order valence-electron chi connectivity index (χ3n) is 0. The van der Waals surface area contributed by atoms with E-state index in [1.54, 1.807) is 0 Å². The summed E-state index contributed by atoms with van der Waals surface area (Å²) in [6.45, 7) is 0. The SMILES string of the molecule is Cl.O=C(O)O.[MgH2]. The Bertz CT molecular complexity index is 33.8. The van der Waals surface area contributed by atoms with E-state index < -0.39 is 6.16 Å². The van der Waals surface area contributed by atoms with Gasteiger partial charge in [-0.2, -0.15) is 0 Å². The largest absolute Gasteiger partial charge is 0.503 e. The minimum absolute atomic E-state index is 0. The van der Waals surface area contributed by atoms with E-state index in [1.807, 2.05) is 0 Å². The van der Waals surface area contributed by atoms with Crippen LogP contribution in [0.1, 0.15) is 0 Å². The lowest BCUT2D eigenvalue weighted by atomic mass is 11.5. The van der Waals surface area contributed by atoms with Crippen LogP contribution < -0.4 is 0 Å². The molecular weight excluding hydrogens is 120 g/mol. The second-order valence-corrected chi connectivity index (χ2v) is 0.283. The van der Waals surface area contributed by atoms with E-state index in [2.05, 4.69) is 0 Å². The molecule has 36 valence electrons. The molecule has 0 spiro atoms. The smallest absolute Gasteiger partial charge is 0.450 e. The van der Waals surface area contributed by atoms with Crippen molar-refractivity contribution in [2.75, 3.05) is 0 Å². The molecule has 0 aromatic carbocycles. The van der Waals surface area contributed by atoms with Gasteiger partial charge in [0.1, 0.15) is 0 Å². The highest BCUT2D eigenvalue weighted by Gasteiger charge is 1.70. The zero-order valence-electron chi connectivity index (χ0n) is 2.21. The molecule has 0 bridgehead atoms. The summed E-state index contributed by atoms with van der Waals surface area (Å²) in [4.78, 5) is 8.56. The number of carbonyl (C=O) groups is 1. The molecule has 0 saturated heterocycles. The first-order chi connectivity index (χ1) is 1.73. The Hall–Kier alpha value is 0.326. The van der Waals surface area contributed by atoms with Crippen molar-refractivity contribution < 1.29 is 15.0 Å². The van der Waals surface area contributed by atoms with Crippen molar-refractivity contribution in [1.29, 1.82) is 0 Å². The van der Waals surface area contributed by atoms with Crippen LogP contribution in [-0.4, -0.2) is 39.4 Å². The number of halogens is 1. The third-order valence-corrected chi connectivity index (χ3v) is 0. The van der Waals surface area contributed by atoms with Gasteiger partial charge in [0, 0.05) is 0 Å².